The number of carbonyl (C=O) groups is 2. The van der Waals surface area contributed by atoms with Gasteiger partial charge in [-0.3, -0.25) is 9.59 Å². The first-order chi connectivity index (χ1) is 18.9. The molecule has 2 amide bonds. The van der Waals surface area contributed by atoms with Gasteiger partial charge in [0.05, 0.1) is 30.5 Å². The summed E-state index contributed by atoms with van der Waals surface area (Å²) in [5, 5.41) is 8.94. The minimum Gasteiger partial charge on any atom is -0.496 e. The fourth-order valence-electron chi connectivity index (χ4n) is 3.83. The zero-order valence-electron chi connectivity index (χ0n) is 21.8. The molecule has 0 unspecified atom stereocenters. The summed E-state index contributed by atoms with van der Waals surface area (Å²) in [4.78, 5) is 25.2. The van der Waals surface area contributed by atoms with Gasteiger partial charge in [-0.15, -0.1) is 0 Å². The van der Waals surface area contributed by atoms with Crippen molar-refractivity contribution in [3.05, 3.63) is 94.5 Å². The van der Waals surface area contributed by atoms with Gasteiger partial charge in [-0.25, -0.2) is 5.43 Å². The van der Waals surface area contributed by atoms with Crippen LogP contribution < -0.4 is 25.0 Å². The smallest absolute Gasteiger partial charge is 0.275 e. The molecule has 4 rings (SSSR count). The van der Waals surface area contributed by atoms with Gasteiger partial charge in [-0.05, 0) is 66.6 Å². The maximum absolute atomic E-state index is 12.8. The van der Waals surface area contributed by atoms with Gasteiger partial charge in [0, 0.05) is 5.69 Å². The van der Waals surface area contributed by atoms with E-state index < -0.39 is 5.91 Å². The van der Waals surface area contributed by atoms with Crippen molar-refractivity contribution in [1.29, 1.82) is 0 Å². The molecule has 0 atom stereocenters. The highest BCUT2D eigenvalue weighted by atomic mass is 35.5. The van der Waals surface area contributed by atoms with E-state index in [1.807, 2.05) is 68.4 Å². The molecule has 200 valence electrons. The van der Waals surface area contributed by atoms with E-state index in [4.69, 9.17) is 25.8 Å². The van der Waals surface area contributed by atoms with Gasteiger partial charge >= 0.3 is 0 Å². The molecule has 0 aromatic heterocycles. The van der Waals surface area contributed by atoms with E-state index in [2.05, 4.69) is 15.8 Å². The number of fused-ring (bicyclic) bond motifs is 1. The van der Waals surface area contributed by atoms with Crippen LogP contribution in [0.25, 0.3) is 10.8 Å². The van der Waals surface area contributed by atoms with Gasteiger partial charge < -0.3 is 19.5 Å². The summed E-state index contributed by atoms with van der Waals surface area (Å²) in [5.74, 6) is 0.257. The fourth-order valence-corrected chi connectivity index (χ4v) is 4.10. The highest BCUT2D eigenvalue weighted by molar-refractivity contribution is 6.32. The number of ether oxygens (including phenoxy) is 3. The normalized spacial score (nSPS) is 10.9. The van der Waals surface area contributed by atoms with Gasteiger partial charge in [-0.2, -0.15) is 5.10 Å². The molecule has 0 aliphatic heterocycles. The zero-order chi connectivity index (χ0) is 27.8. The predicted octanol–water partition coefficient (Wildman–Crippen LogP) is 5.99. The lowest BCUT2D eigenvalue weighted by Gasteiger charge is -2.14. The van der Waals surface area contributed by atoms with E-state index in [-0.39, 0.29) is 23.3 Å². The van der Waals surface area contributed by atoms with E-state index in [0.29, 0.717) is 34.9 Å². The van der Waals surface area contributed by atoms with Crippen molar-refractivity contribution in [1.82, 2.24) is 5.43 Å². The number of hydrogen-bond donors (Lipinski definition) is 2. The second kappa shape index (κ2) is 12.8. The maximum Gasteiger partial charge on any atom is 0.275 e. The Morgan fingerprint density at radius 1 is 0.949 bits per heavy atom. The van der Waals surface area contributed by atoms with E-state index >= 15 is 0 Å². The van der Waals surface area contributed by atoms with E-state index in [1.54, 1.807) is 18.2 Å². The average Bonchev–Trinajstić information content (AvgIpc) is 2.93. The van der Waals surface area contributed by atoms with Gasteiger partial charge in [0.2, 0.25) is 0 Å². The standard InChI is InChI=1S/C30H28ClN3O5/c1-4-38-27-14-20(13-25(31)29(27)39-18-28(35)33-23-11-9-19(2)10-12-23)17-32-34-30(36)24-15-21-7-5-6-8-22(21)16-26(24)37-3/h5-17H,4,18H2,1-3H3,(H,33,35)(H,34,36)/b32-17-. The predicted molar refractivity (Wildman–Crippen MR) is 153 cm³/mol. The third-order valence-electron chi connectivity index (χ3n) is 5.71. The second-order valence-corrected chi connectivity index (χ2v) is 8.97. The molecular formula is C30H28ClN3O5. The summed E-state index contributed by atoms with van der Waals surface area (Å²) in [6.45, 7) is 3.88. The maximum atomic E-state index is 12.8. The first-order valence-corrected chi connectivity index (χ1v) is 12.6. The molecule has 0 saturated heterocycles. The van der Waals surface area contributed by atoms with Gasteiger partial charge in [0.1, 0.15) is 5.75 Å². The Morgan fingerprint density at radius 3 is 2.36 bits per heavy atom. The van der Waals surface area contributed by atoms with Crippen LogP contribution in [-0.4, -0.2) is 38.4 Å². The van der Waals surface area contributed by atoms with Crippen molar-refractivity contribution >= 4 is 46.1 Å². The number of benzene rings is 4. The minimum absolute atomic E-state index is 0.230. The first kappa shape index (κ1) is 27.5. The Hall–Kier alpha value is -4.56. The number of carbonyl (C=O) groups excluding carboxylic acids is 2. The van der Waals surface area contributed by atoms with Crippen LogP contribution in [0, 0.1) is 6.92 Å². The number of hydrazone groups is 1. The summed E-state index contributed by atoms with van der Waals surface area (Å²) in [6.07, 6.45) is 1.44. The summed E-state index contributed by atoms with van der Waals surface area (Å²) in [6, 6.07) is 21.9. The van der Waals surface area contributed by atoms with Crippen LogP contribution in [0.3, 0.4) is 0 Å². The van der Waals surface area contributed by atoms with Gasteiger partial charge in [0.25, 0.3) is 11.8 Å². The number of nitrogens with zero attached hydrogens (tertiary/aromatic N) is 1. The monoisotopic (exact) mass is 545 g/mol. The Kier molecular flexibility index (Phi) is 9.01. The quantitative estimate of drug-likeness (QED) is 0.188. The molecule has 39 heavy (non-hydrogen) atoms. The molecule has 0 heterocycles. The molecule has 0 saturated carbocycles. The Bertz CT molecular complexity index is 1520. The number of methoxy groups -OCH3 is 1. The van der Waals surface area contributed by atoms with Crippen molar-refractivity contribution in [3.63, 3.8) is 0 Å². The largest absolute Gasteiger partial charge is 0.496 e. The van der Waals surface area contributed by atoms with E-state index in [1.165, 1.54) is 13.3 Å². The van der Waals surface area contributed by atoms with Crippen LogP contribution in [0.15, 0.2) is 77.9 Å². The van der Waals surface area contributed by atoms with Crippen LogP contribution >= 0.6 is 11.6 Å². The SMILES string of the molecule is CCOc1cc(/C=N\NC(=O)c2cc3ccccc3cc2OC)cc(Cl)c1OCC(=O)Nc1ccc(C)cc1. The molecule has 0 fully saturated rings. The highest BCUT2D eigenvalue weighted by Crippen LogP contribution is 2.36. The van der Waals surface area contributed by atoms with Crippen LogP contribution in [0.2, 0.25) is 5.02 Å². The van der Waals surface area contributed by atoms with Gasteiger partial charge in [0.15, 0.2) is 18.1 Å². The Labute approximate surface area is 231 Å². The van der Waals surface area contributed by atoms with Crippen LogP contribution in [0.1, 0.15) is 28.4 Å². The highest BCUT2D eigenvalue weighted by Gasteiger charge is 2.16. The molecule has 0 aliphatic rings. The van der Waals surface area contributed by atoms with Crippen molar-refractivity contribution in [2.45, 2.75) is 13.8 Å². The summed E-state index contributed by atoms with van der Waals surface area (Å²) >= 11 is 6.46. The number of amides is 2. The molecule has 0 radical (unpaired) electrons. The molecule has 0 bridgehead atoms. The van der Waals surface area contributed by atoms with Crippen molar-refractivity contribution in [3.8, 4) is 17.2 Å². The minimum atomic E-state index is -0.426. The third-order valence-corrected chi connectivity index (χ3v) is 5.99. The van der Waals surface area contributed by atoms with E-state index in [0.717, 1.165) is 16.3 Å². The van der Waals surface area contributed by atoms with Crippen LogP contribution in [0.5, 0.6) is 17.2 Å². The summed E-state index contributed by atoms with van der Waals surface area (Å²) in [5.41, 5.74) is 5.20. The number of anilines is 1. The molecule has 0 spiro atoms. The second-order valence-electron chi connectivity index (χ2n) is 8.56. The Morgan fingerprint density at radius 2 is 1.67 bits per heavy atom. The average molecular weight is 546 g/mol. The van der Waals surface area contributed by atoms with Crippen molar-refractivity contribution in [2.24, 2.45) is 5.10 Å². The lowest BCUT2D eigenvalue weighted by atomic mass is 10.1. The molecule has 9 heteroatoms. The third kappa shape index (κ3) is 7.06. The summed E-state index contributed by atoms with van der Waals surface area (Å²) in [7, 11) is 1.51. The van der Waals surface area contributed by atoms with E-state index in [9.17, 15) is 9.59 Å². The molecular weight excluding hydrogens is 518 g/mol. The van der Waals surface area contributed by atoms with Crippen LogP contribution in [0.4, 0.5) is 5.69 Å². The number of aryl methyl sites for hydroxylation is 1. The van der Waals surface area contributed by atoms with Crippen molar-refractivity contribution < 1.29 is 23.8 Å². The topological polar surface area (TPSA) is 98.2 Å². The fraction of sp³-hybridized carbons (Fsp3) is 0.167. The zero-order valence-corrected chi connectivity index (χ0v) is 22.5. The summed E-state index contributed by atoms with van der Waals surface area (Å²) < 4.78 is 16.8. The molecule has 4 aromatic carbocycles. The number of rotatable bonds is 10. The molecule has 0 aliphatic carbocycles. The molecule has 8 nitrogen and oxygen atoms in total. The lowest BCUT2D eigenvalue weighted by molar-refractivity contribution is -0.118. The Balaban J connectivity index is 1.44. The molecule has 4 aromatic rings. The lowest BCUT2D eigenvalue weighted by Crippen LogP contribution is -2.20. The van der Waals surface area contributed by atoms with Gasteiger partial charge in [-0.1, -0.05) is 53.6 Å². The first-order valence-electron chi connectivity index (χ1n) is 12.2. The van der Waals surface area contributed by atoms with Crippen LogP contribution in [-0.2, 0) is 4.79 Å². The van der Waals surface area contributed by atoms with Crippen molar-refractivity contribution in [2.75, 3.05) is 25.6 Å². The molecule has 2 N–H and O–H groups in total. The number of nitrogens with one attached hydrogen (secondary N) is 2. The number of hydrogen-bond acceptors (Lipinski definition) is 6. The number of halogens is 1.